The number of phenolic OH excluding ortho intramolecular Hbond substituents is 2. The number of phenols is 2. The fourth-order valence-corrected chi connectivity index (χ4v) is 4.09. The van der Waals surface area contributed by atoms with E-state index in [2.05, 4.69) is 33.8 Å². The molecule has 0 saturated heterocycles. The van der Waals surface area contributed by atoms with Crippen LogP contribution in [0.4, 0.5) is 0 Å². The molecule has 0 heterocycles. The van der Waals surface area contributed by atoms with Crippen molar-refractivity contribution in [3.63, 3.8) is 0 Å². The molecule has 2 aromatic carbocycles. The highest BCUT2D eigenvalue weighted by Crippen LogP contribution is 2.54. The highest BCUT2D eigenvalue weighted by Gasteiger charge is 2.46. The molecule has 1 aliphatic rings. The molecule has 22 heavy (non-hydrogen) atoms. The topological polar surface area (TPSA) is 40.5 Å². The fraction of sp³-hybridized carbons (Fsp3) is 0.400. The van der Waals surface area contributed by atoms with Gasteiger partial charge in [0.2, 0.25) is 0 Å². The summed E-state index contributed by atoms with van der Waals surface area (Å²) in [5.41, 5.74) is 4.66. The molecule has 1 unspecified atom stereocenters. The molecule has 0 spiro atoms. The number of benzene rings is 2. The molecule has 0 aliphatic heterocycles. The second kappa shape index (κ2) is 4.77. The highest BCUT2D eigenvalue weighted by molar-refractivity contribution is 5.56. The van der Waals surface area contributed by atoms with Gasteiger partial charge in [0.25, 0.3) is 0 Å². The van der Waals surface area contributed by atoms with Crippen molar-refractivity contribution in [3.8, 4) is 11.5 Å². The van der Waals surface area contributed by atoms with E-state index in [1.165, 1.54) is 16.7 Å². The summed E-state index contributed by atoms with van der Waals surface area (Å²) in [6, 6.07) is 11.6. The zero-order valence-corrected chi connectivity index (χ0v) is 13.8. The van der Waals surface area contributed by atoms with Crippen LogP contribution in [-0.4, -0.2) is 10.2 Å². The van der Waals surface area contributed by atoms with E-state index in [-0.39, 0.29) is 16.6 Å². The molecule has 0 saturated carbocycles. The summed E-state index contributed by atoms with van der Waals surface area (Å²) in [6.07, 6.45) is 1.83. The smallest absolute Gasteiger partial charge is 0.119 e. The first-order valence-corrected chi connectivity index (χ1v) is 7.94. The lowest BCUT2D eigenvalue weighted by Gasteiger charge is -2.28. The van der Waals surface area contributed by atoms with Crippen LogP contribution in [0, 0.1) is 0 Å². The summed E-state index contributed by atoms with van der Waals surface area (Å²) in [6.45, 7) is 8.85. The Kier molecular flexibility index (Phi) is 3.24. The number of hydrogen-bond acceptors (Lipinski definition) is 2. The number of rotatable bonds is 2. The maximum atomic E-state index is 10.3. The Morgan fingerprint density at radius 3 is 2.18 bits per heavy atom. The molecule has 0 bridgehead atoms. The Labute approximate surface area is 132 Å². The molecule has 2 aromatic rings. The lowest BCUT2D eigenvalue weighted by Crippen LogP contribution is -2.23. The van der Waals surface area contributed by atoms with Crippen LogP contribution in [0.2, 0.25) is 0 Å². The normalized spacial score (nSPS) is 22.5. The van der Waals surface area contributed by atoms with Crippen LogP contribution in [0.1, 0.15) is 56.4 Å². The van der Waals surface area contributed by atoms with Gasteiger partial charge >= 0.3 is 0 Å². The van der Waals surface area contributed by atoms with Crippen molar-refractivity contribution in [1.29, 1.82) is 0 Å². The molecule has 2 N–H and O–H groups in total. The Morgan fingerprint density at radius 2 is 1.59 bits per heavy atom. The second-order valence-corrected chi connectivity index (χ2v) is 7.32. The number of hydrogen-bond donors (Lipinski definition) is 2. The maximum absolute atomic E-state index is 10.3. The van der Waals surface area contributed by atoms with Crippen molar-refractivity contribution in [2.75, 3.05) is 0 Å². The van der Waals surface area contributed by atoms with Crippen LogP contribution in [0.15, 0.2) is 36.4 Å². The van der Waals surface area contributed by atoms with Crippen molar-refractivity contribution < 1.29 is 10.2 Å². The first-order chi connectivity index (χ1) is 10.3. The minimum absolute atomic E-state index is 0.0690. The van der Waals surface area contributed by atoms with Crippen molar-refractivity contribution >= 4 is 0 Å². The summed E-state index contributed by atoms with van der Waals surface area (Å²) >= 11 is 0. The summed E-state index contributed by atoms with van der Waals surface area (Å²) in [4.78, 5) is 0. The molecule has 2 heteroatoms. The van der Waals surface area contributed by atoms with Gasteiger partial charge in [-0.2, -0.15) is 0 Å². The Balaban J connectivity index is 2.22. The fourth-order valence-electron chi connectivity index (χ4n) is 4.09. The largest absolute Gasteiger partial charge is 0.508 e. The van der Waals surface area contributed by atoms with E-state index in [0.717, 1.165) is 18.4 Å². The van der Waals surface area contributed by atoms with E-state index in [4.69, 9.17) is 0 Å². The molecule has 116 valence electrons. The Hall–Kier alpha value is -1.96. The van der Waals surface area contributed by atoms with Crippen LogP contribution in [0.3, 0.4) is 0 Å². The molecule has 0 aromatic heterocycles. The summed E-state index contributed by atoms with van der Waals surface area (Å²) in [7, 11) is 0. The minimum Gasteiger partial charge on any atom is -0.508 e. The van der Waals surface area contributed by atoms with Crippen molar-refractivity contribution in [2.24, 2.45) is 0 Å². The van der Waals surface area contributed by atoms with E-state index in [9.17, 15) is 10.2 Å². The van der Waals surface area contributed by atoms with Crippen molar-refractivity contribution in [3.05, 3.63) is 58.7 Å². The average Bonchev–Trinajstić information content (AvgIpc) is 2.66. The van der Waals surface area contributed by atoms with Gasteiger partial charge in [-0.1, -0.05) is 45.9 Å². The van der Waals surface area contributed by atoms with Gasteiger partial charge in [-0.05, 0) is 58.7 Å². The number of fused-ring (bicyclic) bond motifs is 1. The average molecular weight is 296 g/mol. The zero-order chi connectivity index (χ0) is 16.1. The van der Waals surface area contributed by atoms with Gasteiger partial charge in [-0.3, -0.25) is 0 Å². The molecule has 3 rings (SSSR count). The first kappa shape index (κ1) is 15.0. The van der Waals surface area contributed by atoms with E-state index in [1.54, 1.807) is 12.1 Å². The SMILES string of the molecule is CCc1cc2c(cc1O)C(C)(c1ccc(O)cc1)CC2(C)C. The minimum atomic E-state index is -0.143. The zero-order valence-electron chi connectivity index (χ0n) is 13.8. The summed E-state index contributed by atoms with van der Waals surface area (Å²) in [5.74, 6) is 0.679. The van der Waals surface area contributed by atoms with Crippen LogP contribution >= 0.6 is 0 Å². The third-order valence-electron chi connectivity index (χ3n) is 5.22. The monoisotopic (exact) mass is 296 g/mol. The first-order valence-electron chi connectivity index (χ1n) is 7.94. The molecular formula is C20H24O2. The highest BCUT2D eigenvalue weighted by atomic mass is 16.3. The molecule has 0 fully saturated rings. The standard InChI is InChI=1S/C20H24O2/c1-5-13-10-16-17(11-18(13)22)20(4,12-19(16,2)3)14-6-8-15(21)9-7-14/h6-11,21-22H,5,12H2,1-4H3. The van der Waals surface area contributed by atoms with Gasteiger partial charge in [0, 0.05) is 5.41 Å². The van der Waals surface area contributed by atoms with Crippen LogP contribution in [0.5, 0.6) is 11.5 Å². The van der Waals surface area contributed by atoms with Gasteiger partial charge < -0.3 is 10.2 Å². The predicted octanol–water partition coefficient (Wildman–Crippen LogP) is 4.65. The number of aryl methyl sites for hydroxylation is 1. The van der Waals surface area contributed by atoms with Crippen molar-refractivity contribution in [2.45, 2.75) is 51.4 Å². The second-order valence-electron chi connectivity index (χ2n) is 7.32. The lowest BCUT2D eigenvalue weighted by atomic mass is 9.75. The van der Waals surface area contributed by atoms with E-state index < -0.39 is 0 Å². The van der Waals surface area contributed by atoms with Crippen LogP contribution < -0.4 is 0 Å². The third-order valence-corrected chi connectivity index (χ3v) is 5.22. The van der Waals surface area contributed by atoms with E-state index in [1.807, 2.05) is 18.2 Å². The molecule has 0 amide bonds. The predicted molar refractivity (Wildman–Crippen MR) is 89.7 cm³/mol. The molecule has 2 nitrogen and oxygen atoms in total. The van der Waals surface area contributed by atoms with Crippen LogP contribution in [-0.2, 0) is 17.3 Å². The van der Waals surface area contributed by atoms with Gasteiger partial charge in [0.1, 0.15) is 11.5 Å². The van der Waals surface area contributed by atoms with E-state index in [0.29, 0.717) is 5.75 Å². The van der Waals surface area contributed by atoms with E-state index >= 15 is 0 Å². The van der Waals surface area contributed by atoms with Crippen molar-refractivity contribution in [1.82, 2.24) is 0 Å². The van der Waals surface area contributed by atoms with Gasteiger partial charge in [0.05, 0.1) is 0 Å². The molecule has 0 radical (unpaired) electrons. The van der Waals surface area contributed by atoms with Crippen LogP contribution in [0.25, 0.3) is 0 Å². The molecular weight excluding hydrogens is 272 g/mol. The van der Waals surface area contributed by atoms with Gasteiger partial charge in [0.15, 0.2) is 0 Å². The van der Waals surface area contributed by atoms with Gasteiger partial charge in [-0.15, -0.1) is 0 Å². The Bertz CT molecular complexity index is 713. The summed E-state index contributed by atoms with van der Waals surface area (Å²) < 4.78 is 0. The Morgan fingerprint density at radius 1 is 0.955 bits per heavy atom. The maximum Gasteiger partial charge on any atom is 0.119 e. The van der Waals surface area contributed by atoms with Gasteiger partial charge in [-0.25, -0.2) is 0 Å². The molecule has 1 atom stereocenters. The number of aromatic hydroxyl groups is 2. The third kappa shape index (κ3) is 2.09. The quantitative estimate of drug-likeness (QED) is 0.847. The molecule has 1 aliphatic carbocycles. The summed E-state index contributed by atoms with van der Waals surface area (Å²) in [5, 5.41) is 19.9. The lowest BCUT2D eigenvalue weighted by molar-refractivity contribution is 0.423.